The van der Waals surface area contributed by atoms with E-state index in [4.69, 9.17) is 9.68 Å². The van der Waals surface area contributed by atoms with Crippen LogP contribution in [0.25, 0.3) is 10.8 Å². The summed E-state index contributed by atoms with van der Waals surface area (Å²) in [6.07, 6.45) is 3.56. The Bertz CT molecular complexity index is 562. The second-order valence-corrected chi connectivity index (χ2v) is 5.26. The molecule has 0 saturated carbocycles. The van der Waals surface area contributed by atoms with Crippen LogP contribution >= 0.6 is 11.3 Å². The van der Waals surface area contributed by atoms with Gasteiger partial charge in [0.15, 0.2) is 0 Å². The SMILES string of the molecule is N#Cc1nc(-c2cccs2)oc1N1CCCCC1. The van der Waals surface area contributed by atoms with Gasteiger partial charge in [-0.3, -0.25) is 0 Å². The molecule has 1 fully saturated rings. The van der Waals surface area contributed by atoms with Gasteiger partial charge in [0.05, 0.1) is 4.88 Å². The number of nitriles is 1. The van der Waals surface area contributed by atoms with Crippen molar-refractivity contribution >= 4 is 17.2 Å². The highest BCUT2D eigenvalue weighted by Crippen LogP contribution is 2.31. The molecule has 0 unspecified atom stereocenters. The largest absolute Gasteiger partial charge is 0.418 e. The zero-order chi connectivity index (χ0) is 12.4. The molecule has 92 valence electrons. The number of oxazole rings is 1. The molecule has 2 aromatic heterocycles. The zero-order valence-corrected chi connectivity index (χ0v) is 10.7. The third-order valence-electron chi connectivity index (χ3n) is 3.09. The van der Waals surface area contributed by atoms with Gasteiger partial charge in [-0.1, -0.05) is 6.07 Å². The molecular weight excluding hydrogens is 246 g/mol. The molecule has 1 aliphatic rings. The number of hydrogen-bond acceptors (Lipinski definition) is 5. The number of nitrogens with zero attached hydrogens (tertiary/aromatic N) is 3. The third kappa shape index (κ3) is 2.00. The van der Waals surface area contributed by atoms with E-state index in [1.807, 2.05) is 17.5 Å². The fourth-order valence-electron chi connectivity index (χ4n) is 2.20. The maximum atomic E-state index is 9.16. The second-order valence-electron chi connectivity index (χ2n) is 4.31. The van der Waals surface area contributed by atoms with Crippen molar-refractivity contribution in [2.24, 2.45) is 0 Å². The summed E-state index contributed by atoms with van der Waals surface area (Å²) in [4.78, 5) is 7.39. The molecule has 0 aromatic carbocycles. The van der Waals surface area contributed by atoms with Gasteiger partial charge in [-0.15, -0.1) is 11.3 Å². The number of aromatic nitrogens is 1. The number of rotatable bonds is 2. The summed E-state index contributed by atoms with van der Waals surface area (Å²) in [5.41, 5.74) is 0.403. The highest BCUT2D eigenvalue weighted by atomic mass is 32.1. The highest BCUT2D eigenvalue weighted by Gasteiger charge is 2.22. The molecule has 5 heteroatoms. The lowest BCUT2D eigenvalue weighted by Gasteiger charge is -2.25. The van der Waals surface area contributed by atoms with Crippen LogP contribution in [0, 0.1) is 11.3 Å². The van der Waals surface area contributed by atoms with Gasteiger partial charge >= 0.3 is 0 Å². The Morgan fingerprint density at radius 2 is 2.17 bits per heavy atom. The Morgan fingerprint density at radius 1 is 1.33 bits per heavy atom. The molecular formula is C13H13N3OS. The lowest BCUT2D eigenvalue weighted by atomic mass is 10.1. The fourth-order valence-corrected chi connectivity index (χ4v) is 2.85. The van der Waals surface area contributed by atoms with Gasteiger partial charge < -0.3 is 9.32 Å². The van der Waals surface area contributed by atoms with Crippen LogP contribution < -0.4 is 4.90 Å². The van der Waals surface area contributed by atoms with Crippen molar-refractivity contribution in [2.75, 3.05) is 18.0 Å². The Hall–Kier alpha value is -1.80. The lowest BCUT2D eigenvalue weighted by Crippen LogP contribution is -2.29. The molecule has 4 nitrogen and oxygen atoms in total. The van der Waals surface area contributed by atoms with E-state index in [-0.39, 0.29) is 0 Å². The van der Waals surface area contributed by atoms with E-state index in [2.05, 4.69) is 16.0 Å². The van der Waals surface area contributed by atoms with Gasteiger partial charge in [0.25, 0.3) is 0 Å². The molecule has 0 radical (unpaired) electrons. The van der Waals surface area contributed by atoms with Crippen LogP contribution in [-0.4, -0.2) is 18.1 Å². The Labute approximate surface area is 109 Å². The summed E-state index contributed by atoms with van der Waals surface area (Å²) in [6.45, 7) is 1.90. The van der Waals surface area contributed by atoms with E-state index in [9.17, 15) is 0 Å². The maximum Gasteiger partial charge on any atom is 0.240 e. The average Bonchev–Trinajstić information content (AvgIpc) is 3.08. The summed E-state index contributed by atoms with van der Waals surface area (Å²) in [5.74, 6) is 1.20. The van der Waals surface area contributed by atoms with Crippen molar-refractivity contribution in [3.05, 3.63) is 23.2 Å². The van der Waals surface area contributed by atoms with Crippen molar-refractivity contribution in [3.63, 3.8) is 0 Å². The van der Waals surface area contributed by atoms with E-state index >= 15 is 0 Å². The monoisotopic (exact) mass is 259 g/mol. The molecule has 0 amide bonds. The predicted octanol–water partition coefficient (Wildman–Crippen LogP) is 3.27. The first-order valence-electron chi connectivity index (χ1n) is 6.08. The van der Waals surface area contributed by atoms with Crippen molar-refractivity contribution in [1.82, 2.24) is 4.98 Å². The summed E-state index contributed by atoms with van der Waals surface area (Å²) in [5, 5.41) is 11.1. The van der Waals surface area contributed by atoms with Gasteiger partial charge in [-0.25, -0.2) is 0 Å². The van der Waals surface area contributed by atoms with Crippen molar-refractivity contribution in [3.8, 4) is 16.8 Å². The van der Waals surface area contributed by atoms with E-state index in [0.29, 0.717) is 17.5 Å². The quantitative estimate of drug-likeness (QED) is 0.830. The minimum Gasteiger partial charge on any atom is -0.418 e. The van der Waals surface area contributed by atoms with Gasteiger partial charge in [-0.05, 0) is 30.7 Å². The smallest absolute Gasteiger partial charge is 0.240 e. The Morgan fingerprint density at radius 3 is 2.83 bits per heavy atom. The van der Waals surface area contributed by atoms with E-state index in [1.54, 1.807) is 11.3 Å². The van der Waals surface area contributed by atoms with E-state index in [1.165, 1.54) is 6.42 Å². The van der Waals surface area contributed by atoms with Crippen LogP contribution in [0.2, 0.25) is 0 Å². The standard InChI is InChI=1S/C13H13N3OS/c14-9-10-13(16-6-2-1-3-7-16)17-12(15-10)11-5-4-8-18-11/h4-5,8H,1-3,6-7H2. The van der Waals surface area contributed by atoms with Crippen LogP contribution in [0.5, 0.6) is 0 Å². The van der Waals surface area contributed by atoms with Crippen LogP contribution in [0.15, 0.2) is 21.9 Å². The first-order chi connectivity index (χ1) is 8.88. The number of hydrogen-bond donors (Lipinski definition) is 0. The molecule has 18 heavy (non-hydrogen) atoms. The Balaban J connectivity index is 1.96. The molecule has 0 aliphatic carbocycles. The minimum atomic E-state index is 0.403. The second kappa shape index (κ2) is 4.83. The average molecular weight is 259 g/mol. The van der Waals surface area contributed by atoms with Crippen LogP contribution in [0.4, 0.5) is 5.88 Å². The summed E-state index contributed by atoms with van der Waals surface area (Å²) < 4.78 is 5.79. The summed E-state index contributed by atoms with van der Waals surface area (Å²) >= 11 is 1.57. The topological polar surface area (TPSA) is 53.1 Å². The van der Waals surface area contributed by atoms with Gasteiger partial charge in [0, 0.05) is 13.1 Å². The van der Waals surface area contributed by atoms with Gasteiger partial charge in [0.1, 0.15) is 6.07 Å². The number of thiophene rings is 1. The molecule has 0 N–H and O–H groups in total. The normalized spacial score (nSPS) is 15.6. The first-order valence-corrected chi connectivity index (χ1v) is 6.96. The van der Waals surface area contributed by atoms with E-state index in [0.717, 1.165) is 30.8 Å². The van der Waals surface area contributed by atoms with Crippen molar-refractivity contribution < 1.29 is 4.42 Å². The van der Waals surface area contributed by atoms with Crippen LogP contribution in [-0.2, 0) is 0 Å². The first kappa shape index (κ1) is 11.3. The molecule has 0 spiro atoms. The highest BCUT2D eigenvalue weighted by molar-refractivity contribution is 7.13. The molecule has 2 aromatic rings. The zero-order valence-electron chi connectivity index (χ0n) is 9.93. The molecule has 1 aliphatic heterocycles. The summed E-state index contributed by atoms with van der Waals surface area (Å²) in [6, 6.07) is 6.04. The third-order valence-corrected chi connectivity index (χ3v) is 3.95. The van der Waals surface area contributed by atoms with Crippen molar-refractivity contribution in [2.45, 2.75) is 19.3 Å². The van der Waals surface area contributed by atoms with Crippen LogP contribution in [0.1, 0.15) is 25.0 Å². The minimum absolute atomic E-state index is 0.403. The molecule has 3 rings (SSSR count). The maximum absolute atomic E-state index is 9.16. The number of anilines is 1. The van der Waals surface area contributed by atoms with Gasteiger partial charge in [0.2, 0.25) is 17.5 Å². The number of piperidine rings is 1. The Kier molecular flexibility index (Phi) is 3.03. The van der Waals surface area contributed by atoms with Gasteiger partial charge in [-0.2, -0.15) is 10.2 Å². The molecule has 0 bridgehead atoms. The van der Waals surface area contributed by atoms with Crippen molar-refractivity contribution in [1.29, 1.82) is 5.26 Å². The molecule has 3 heterocycles. The van der Waals surface area contributed by atoms with Crippen LogP contribution in [0.3, 0.4) is 0 Å². The predicted molar refractivity (Wildman–Crippen MR) is 70.6 cm³/mol. The summed E-state index contributed by atoms with van der Waals surface area (Å²) in [7, 11) is 0. The molecule has 0 atom stereocenters. The van der Waals surface area contributed by atoms with E-state index < -0.39 is 0 Å². The lowest BCUT2D eigenvalue weighted by molar-refractivity contribution is 0.505. The fraction of sp³-hybridized carbons (Fsp3) is 0.385. The molecule has 1 saturated heterocycles.